The summed E-state index contributed by atoms with van der Waals surface area (Å²) >= 11 is 0. The zero-order valence-electron chi connectivity index (χ0n) is 16.9. The van der Waals surface area contributed by atoms with Crippen LogP contribution in [0.25, 0.3) is 0 Å². The third kappa shape index (κ3) is 5.29. The van der Waals surface area contributed by atoms with Gasteiger partial charge < -0.3 is 14.5 Å². The van der Waals surface area contributed by atoms with Gasteiger partial charge in [-0.25, -0.2) is 13.2 Å². The van der Waals surface area contributed by atoms with Crippen molar-refractivity contribution in [2.24, 2.45) is 0 Å². The third-order valence-corrected chi connectivity index (χ3v) is 6.61. The number of nitrogens with zero attached hydrogens (tertiary/aromatic N) is 2. The van der Waals surface area contributed by atoms with Crippen LogP contribution in [0.2, 0.25) is 0 Å². The van der Waals surface area contributed by atoms with Gasteiger partial charge in [-0.1, -0.05) is 36.4 Å². The Labute approximate surface area is 176 Å². The zero-order valence-corrected chi connectivity index (χ0v) is 17.8. The van der Waals surface area contributed by atoms with Gasteiger partial charge in [0.2, 0.25) is 10.0 Å². The van der Waals surface area contributed by atoms with Crippen molar-refractivity contribution in [1.82, 2.24) is 9.80 Å². The first-order valence-corrected chi connectivity index (χ1v) is 11.1. The average Bonchev–Trinajstić information content (AvgIpc) is 3.23. The van der Waals surface area contributed by atoms with Crippen molar-refractivity contribution in [3.05, 3.63) is 65.7 Å². The summed E-state index contributed by atoms with van der Waals surface area (Å²) in [6, 6.07) is 15.6. The number of hydrogen-bond acceptors (Lipinski definition) is 5. The summed E-state index contributed by atoms with van der Waals surface area (Å²) in [5.74, 6) is -0.218. The third-order valence-electron chi connectivity index (χ3n) is 4.82. The van der Waals surface area contributed by atoms with E-state index in [1.165, 1.54) is 15.9 Å². The summed E-state index contributed by atoms with van der Waals surface area (Å²) in [7, 11) is -0.477. The second-order valence-electron chi connectivity index (χ2n) is 7.32. The fourth-order valence-electron chi connectivity index (χ4n) is 3.18. The predicted molar refractivity (Wildman–Crippen MR) is 114 cm³/mol. The van der Waals surface area contributed by atoms with Crippen LogP contribution in [0.3, 0.4) is 0 Å². The molecule has 0 aliphatic carbocycles. The van der Waals surface area contributed by atoms with Crippen LogP contribution in [0.4, 0.5) is 10.5 Å². The molecule has 0 radical (unpaired) electrons. The Kier molecular flexibility index (Phi) is 6.61. The number of carbonyl (C=O) groups is 2. The van der Waals surface area contributed by atoms with E-state index in [1.807, 2.05) is 30.3 Å². The van der Waals surface area contributed by atoms with E-state index >= 15 is 0 Å². The Balaban J connectivity index is 1.59. The molecule has 1 fully saturated rings. The van der Waals surface area contributed by atoms with Gasteiger partial charge in [-0.2, -0.15) is 0 Å². The fraction of sp³-hybridized carbons (Fsp3) is 0.333. The number of nitrogens with one attached hydrogen (secondary N) is 1. The van der Waals surface area contributed by atoms with E-state index < -0.39 is 21.4 Å². The number of likely N-dealkylation sites (tertiary alicyclic amines) is 1. The second-order valence-corrected chi connectivity index (χ2v) is 9.29. The molecular formula is C21H25N3O5S. The average molecular weight is 432 g/mol. The summed E-state index contributed by atoms with van der Waals surface area (Å²) < 4.78 is 33.4. The minimum absolute atomic E-state index is 0.0548. The molecule has 0 bridgehead atoms. The number of anilines is 1. The monoisotopic (exact) mass is 431 g/mol. The maximum Gasteiger partial charge on any atom is 0.410 e. The van der Waals surface area contributed by atoms with E-state index in [-0.39, 0.29) is 19.1 Å². The van der Waals surface area contributed by atoms with Crippen molar-refractivity contribution in [2.45, 2.75) is 18.3 Å². The minimum Gasteiger partial charge on any atom is -0.445 e. The molecule has 30 heavy (non-hydrogen) atoms. The number of amides is 2. The van der Waals surface area contributed by atoms with Crippen LogP contribution >= 0.6 is 0 Å². The summed E-state index contributed by atoms with van der Waals surface area (Å²) in [6.07, 6.45) is -0.221. The summed E-state index contributed by atoms with van der Waals surface area (Å²) in [5.41, 5.74) is 1.56. The van der Waals surface area contributed by atoms with Crippen LogP contribution in [-0.2, 0) is 21.4 Å². The molecule has 9 heteroatoms. The Morgan fingerprint density at radius 1 is 1.13 bits per heavy atom. The first-order valence-electron chi connectivity index (χ1n) is 9.55. The Hall–Kier alpha value is -3.07. The van der Waals surface area contributed by atoms with Crippen molar-refractivity contribution in [1.29, 1.82) is 0 Å². The topological polar surface area (TPSA) is 96.0 Å². The quantitative estimate of drug-likeness (QED) is 0.758. The molecule has 1 saturated heterocycles. The van der Waals surface area contributed by atoms with Crippen LogP contribution in [0, 0.1) is 0 Å². The summed E-state index contributed by atoms with van der Waals surface area (Å²) in [4.78, 5) is 27.2. The smallest absolute Gasteiger partial charge is 0.410 e. The summed E-state index contributed by atoms with van der Waals surface area (Å²) in [5, 5.41) is -0.755. The lowest BCUT2D eigenvalue weighted by Gasteiger charge is -2.17. The Bertz CT molecular complexity index is 1010. The van der Waals surface area contributed by atoms with Crippen molar-refractivity contribution >= 4 is 27.7 Å². The molecule has 0 spiro atoms. The molecule has 0 aromatic heterocycles. The predicted octanol–water partition coefficient (Wildman–Crippen LogP) is 2.54. The van der Waals surface area contributed by atoms with Crippen molar-refractivity contribution in [3.8, 4) is 0 Å². The van der Waals surface area contributed by atoms with Crippen LogP contribution in [-0.4, -0.2) is 62.7 Å². The molecule has 3 rings (SSSR count). The number of benzene rings is 2. The van der Waals surface area contributed by atoms with E-state index in [2.05, 4.69) is 4.72 Å². The molecule has 1 atom stereocenters. The van der Waals surface area contributed by atoms with Crippen molar-refractivity contribution < 1.29 is 22.7 Å². The van der Waals surface area contributed by atoms with E-state index in [9.17, 15) is 18.0 Å². The lowest BCUT2D eigenvalue weighted by atomic mass is 10.2. The first-order chi connectivity index (χ1) is 14.3. The lowest BCUT2D eigenvalue weighted by molar-refractivity contribution is 0.0827. The highest BCUT2D eigenvalue weighted by atomic mass is 32.2. The van der Waals surface area contributed by atoms with Gasteiger partial charge in [-0.15, -0.1) is 0 Å². The van der Waals surface area contributed by atoms with Crippen molar-refractivity contribution in [3.63, 3.8) is 0 Å². The molecule has 1 N–H and O–H groups in total. The number of ether oxygens (including phenoxy) is 1. The highest BCUT2D eigenvalue weighted by molar-refractivity contribution is 7.93. The molecule has 0 unspecified atom stereocenters. The van der Waals surface area contributed by atoms with Crippen molar-refractivity contribution in [2.75, 3.05) is 31.9 Å². The first kappa shape index (κ1) is 21.6. The van der Waals surface area contributed by atoms with E-state index in [0.717, 1.165) is 5.56 Å². The molecule has 8 nitrogen and oxygen atoms in total. The largest absolute Gasteiger partial charge is 0.445 e. The number of carbonyl (C=O) groups excluding carboxylic acids is 2. The molecule has 2 amide bonds. The van der Waals surface area contributed by atoms with Gasteiger partial charge in [0, 0.05) is 38.4 Å². The molecule has 1 aliphatic rings. The summed E-state index contributed by atoms with van der Waals surface area (Å²) in [6.45, 7) is 0.496. The van der Waals surface area contributed by atoms with Crippen LogP contribution in [0.15, 0.2) is 54.6 Å². The maximum absolute atomic E-state index is 12.8. The zero-order chi connectivity index (χ0) is 21.7. The van der Waals surface area contributed by atoms with Gasteiger partial charge in [-0.3, -0.25) is 9.52 Å². The molecule has 160 valence electrons. The van der Waals surface area contributed by atoms with E-state index in [0.29, 0.717) is 24.2 Å². The number of rotatable bonds is 6. The van der Waals surface area contributed by atoms with Gasteiger partial charge in [0.25, 0.3) is 5.91 Å². The number of hydrogen-bond donors (Lipinski definition) is 1. The molecule has 0 saturated carbocycles. The Morgan fingerprint density at radius 2 is 1.87 bits per heavy atom. The molecule has 2 aromatic carbocycles. The molecular weight excluding hydrogens is 406 g/mol. The fourth-order valence-corrected chi connectivity index (χ4v) is 4.59. The molecule has 2 aromatic rings. The van der Waals surface area contributed by atoms with E-state index in [1.54, 1.807) is 32.3 Å². The highest BCUT2D eigenvalue weighted by Gasteiger charge is 2.36. The van der Waals surface area contributed by atoms with Crippen LogP contribution in [0.1, 0.15) is 22.3 Å². The second kappa shape index (κ2) is 9.17. The number of sulfonamides is 1. The van der Waals surface area contributed by atoms with Gasteiger partial charge in [0.15, 0.2) is 0 Å². The van der Waals surface area contributed by atoms with Crippen LogP contribution in [0.5, 0.6) is 0 Å². The van der Waals surface area contributed by atoms with Gasteiger partial charge in [0.1, 0.15) is 6.61 Å². The van der Waals surface area contributed by atoms with Gasteiger partial charge >= 0.3 is 6.09 Å². The standard InChI is InChI=1S/C21H25N3O5S/c1-23(2)20(25)17-9-6-10-18(13-17)22-30(27,28)19-11-12-24(14-19)21(26)29-15-16-7-4-3-5-8-16/h3-10,13,19,22H,11-12,14-15H2,1-2H3/t19-/m1/s1. The van der Waals surface area contributed by atoms with Gasteiger partial charge in [-0.05, 0) is 30.2 Å². The lowest BCUT2D eigenvalue weighted by Crippen LogP contribution is -2.34. The maximum atomic E-state index is 12.8. The Morgan fingerprint density at radius 3 is 2.57 bits per heavy atom. The normalized spacial score (nSPS) is 16.2. The van der Waals surface area contributed by atoms with Crippen LogP contribution < -0.4 is 4.72 Å². The highest BCUT2D eigenvalue weighted by Crippen LogP contribution is 2.22. The molecule has 1 aliphatic heterocycles. The minimum atomic E-state index is -3.73. The van der Waals surface area contributed by atoms with E-state index in [4.69, 9.17) is 4.74 Å². The van der Waals surface area contributed by atoms with Gasteiger partial charge in [0.05, 0.1) is 5.25 Å². The SMILES string of the molecule is CN(C)C(=O)c1cccc(NS(=O)(=O)[C@@H]2CCN(C(=O)OCc3ccccc3)C2)c1. The molecule has 1 heterocycles.